The van der Waals surface area contributed by atoms with Gasteiger partial charge in [0.25, 0.3) is 0 Å². The number of aliphatic hydroxyl groups excluding tert-OH is 2. The minimum Gasteiger partial charge on any atom is -0.395 e. The average Bonchev–Trinajstić information content (AvgIpc) is 2.15. The number of ketones is 1. The molecule has 2 N–H and O–H groups in total. The van der Waals surface area contributed by atoms with Crippen LogP contribution in [-0.4, -0.2) is 53.1 Å². The quantitative estimate of drug-likeness (QED) is 0.544. The van der Waals surface area contributed by atoms with E-state index in [1.165, 1.54) is 18.7 Å². The highest BCUT2D eigenvalue weighted by Crippen LogP contribution is 2.03. The molecule has 0 aliphatic heterocycles. The highest BCUT2D eigenvalue weighted by Gasteiger charge is 2.22. The van der Waals surface area contributed by atoms with Gasteiger partial charge in [-0.2, -0.15) is 0 Å². The number of nitrogens with zero attached hydrogens (tertiary/aromatic N) is 1. The molecule has 0 heterocycles. The number of amides is 1. The first-order valence-electron chi connectivity index (χ1n) is 4.55. The van der Waals surface area contributed by atoms with E-state index in [1.807, 2.05) is 0 Å². The first kappa shape index (κ1) is 13.1. The minimum absolute atomic E-state index is 0.150. The lowest BCUT2D eigenvalue weighted by Crippen LogP contribution is -2.41. The van der Waals surface area contributed by atoms with Crippen LogP contribution in [0.15, 0.2) is 0 Å². The Labute approximate surface area is 83.3 Å². The Bertz CT molecular complexity index is 199. The van der Waals surface area contributed by atoms with Crippen LogP contribution in [0.5, 0.6) is 0 Å². The second kappa shape index (κ2) is 6.50. The number of Topliss-reactive ketones (excluding diaryl/α,β-unsaturated/α-hetero) is 1. The number of carbonyl (C=O) groups is 2. The maximum atomic E-state index is 11.5. The molecule has 1 atom stereocenters. The fourth-order valence-electron chi connectivity index (χ4n) is 1.02. The van der Waals surface area contributed by atoms with Crippen molar-refractivity contribution in [3.05, 3.63) is 0 Å². The van der Waals surface area contributed by atoms with Gasteiger partial charge in [-0.25, -0.2) is 0 Å². The molecule has 0 saturated heterocycles. The van der Waals surface area contributed by atoms with Crippen LogP contribution in [0.1, 0.15) is 13.8 Å². The van der Waals surface area contributed by atoms with Gasteiger partial charge >= 0.3 is 0 Å². The van der Waals surface area contributed by atoms with Crippen molar-refractivity contribution in [3.8, 4) is 0 Å². The van der Waals surface area contributed by atoms with E-state index < -0.39 is 5.92 Å². The topological polar surface area (TPSA) is 77.8 Å². The summed E-state index contributed by atoms with van der Waals surface area (Å²) in [6.07, 6.45) is 0. The molecule has 0 fully saturated rings. The van der Waals surface area contributed by atoms with Gasteiger partial charge in [0.2, 0.25) is 5.91 Å². The first-order chi connectivity index (χ1) is 6.54. The highest BCUT2D eigenvalue weighted by atomic mass is 16.3. The van der Waals surface area contributed by atoms with Gasteiger partial charge in [-0.15, -0.1) is 0 Å². The molecule has 0 radical (unpaired) electrons. The second-order valence-electron chi connectivity index (χ2n) is 3.10. The van der Waals surface area contributed by atoms with Crippen molar-refractivity contribution in [2.45, 2.75) is 13.8 Å². The van der Waals surface area contributed by atoms with Crippen LogP contribution in [-0.2, 0) is 9.59 Å². The summed E-state index contributed by atoms with van der Waals surface area (Å²) < 4.78 is 0. The SMILES string of the molecule is CC(=O)C(C)C(=O)N(CCO)CCO. The Hall–Kier alpha value is -0.940. The smallest absolute Gasteiger partial charge is 0.233 e. The van der Waals surface area contributed by atoms with E-state index in [1.54, 1.807) is 0 Å². The lowest BCUT2D eigenvalue weighted by Gasteiger charge is -2.23. The van der Waals surface area contributed by atoms with E-state index in [9.17, 15) is 9.59 Å². The van der Waals surface area contributed by atoms with Crippen molar-refractivity contribution in [1.82, 2.24) is 4.90 Å². The molecule has 0 aliphatic carbocycles. The summed E-state index contributed by atoms with van der Waals surface area (Å²) >= 11 is 0. The van der Waals surface area contributed by atoms with Gasteiger partial charge in [-0.3, -0.25) is 9.59 Å². The predicted molar refractivity (Wildman–Crippen MR) is 50.6 cm³/mol. The summed E-state index contributed by atoms with van der Waals surface area (Å²) in [5, 5.41) is 17.3. The third kappa shape index (κ3) is 3.85. The Morgan fingerprint density at radius 2 is 1.64 bits per heavy atom. The Morgan fingerprint density at radius 1 is 1.21 bits per heavy atom. The van der Waals surface area contributed by atoms with Crippen LogP contribution in [0.3, 0.4) is 0 Å². The lowest BCUT2D eigenvalue weighted by molar-refractivity contribution is -0.140. The number of rotatable bonds is 6. The highest BCUT2D eigenvalue weighted by molar-refractivity contribution is 5.99. The second-order valence-corrected chi connectivity index (χ2v) is 3.10. The molecular weight excluding hydrogens is 186 g/mol. The fourth-order valence-corrected chi connectivity index (χ4v) is 1.02. The molecule has 0 aliphatic rings. The van der Waals surface area contributed by atoms with Crippen molar-refractivity contribution in [2.24, 2.45) is 5.92 Å². The zero-order valence-corrected chi connectivity index (χ0v) is 8.56. The zero-order chi connectivity index (χ0) is 11.1. The normalized spacial score (nSPS) is 12.3. The van der Waals surface area contributed by atoms with Gasteiger partial charge in [0.15, 0.2) is 0 Å². The average molecular weight is 203 g/mol. The maximum Gasteiger partial charge on any atom is 0.233 e. The zero-order valence-electron chi connectivity index (χ0n) is 8.56. The van der Waals surface area contributed by atoms with Crippen LogP contribution >= 0.6 is 0 Å². The summed E-state index contributed by atoms with van der Waals surface area (Å²) in [7, 11) is 0. The summed E-state index contributed by atoms with van der Waals surface area (Å²) in [4.78, 5) is 23.8. The molecule has 0 bridgehead atoms. The molecule has 14 heavy (non-hydrogen) atoms. The van der Waals surface area contributed by atoms with E-state index in [0.717, 1.165) is 0 Å². The number of carbonyl (C=O) groups excluding carboxylic acids is 2. The molecule has 0 aromatic rings. The van der Waals surface area contributed by atoms with Crippen LogP contribution in [0.2, 0.25) is 0 Å². The van der Waals surface area contributed by atoms with Crippen molar-refractivity contribution >= 4 is 11.7 Å². The summed E-state index contributed by atoms with van der Waals surface area (Å²) in [6.45, 7) is 2.83. The Morgan fingerprint density at radius 3 is 1.93 bits per heavy atom. The molecule has 1 amide bonds. The molecule has 0 rings (SSSR count). The van der Waals surface area contributed by atoms with Crippen LogP contribution in [0.25, 0.3) is 0 Å². The lowest BCUT2D eigenvalue weighted by atomic mass is 10.1. The van der Waals surface area contributed by atoms with E-state index in [-0.39, 0.29) is 38.0 Å². The third-order valence-corrected chi connectivity index (χ3v) is 2.03. The van der Waals surface area contributed by atoms with Gasteiger partial charge in [0, 0.05) is 13.1 Å². The summed E-state index contributed by atoms with van der Waals surface area (Å²) in [6, 6.07) is 0. The standard InChI is InChI=1S/C9H17NO4/c1-7(8(2)13)9(14)10(3-5-11)4-6-12/h7,11-12H,3-6H2,1-2H3. The van der Waals surface area contributed by atoms with E-state index >= 15 is 0 Å². The monoisotopic (exact) mass is 203 g/mol. The number of hydrogen-bond acceptors (Lipinski definition) is 4. The van der Waals surface area contributed by atoms with Crippen LogP contribution in [0.4, 0.5) is 0 Å². The number of aliphatic hydroxyl groups is 2. The molecule has 0 aromatic heterocycles. The van der Waals surface area contributed by atoms with Gasteiger partial charge in [-0.05, 0) is 13.8 Å². The summed E-state index contributed by atoms with van der Waals surface area (Å²) in [5.41, 5.74) is 0. The van der Waals surface area contributed by atoms with Crippen molar-refractivity contribution in [3.63, 3.8) is 0 Å². The number of hydrogen-bond donors (Lipinski definition) is 2. The molecule has 82 valence electrons. The maximum absolute atomic E-state index is 11.5. The van der Waals surface area contributed by atoms with Gasteiger partial charge < -0.3 is 15.1 Å². The van der Waals surface area contributed by atoms with Crippen LogP contribution in [0, 0.1) is 5.92 Å². The van der Waals surface area contributed by atoms with E-state index in [2.05, 4.69) is 0 Å². The Balaban J connectivity index is 4.33. The molecule has 0 spiro atoms. The predicted octanol–water partition coefficient (Wildman–Crippen LogP) is -0.975. The first-order valence-corrected chi connectivity index (χ1v) is 4.55. The minimum atomic E-state index is -0.701. The van der Waals surface area contributed by atoms with Crippen molar-refractivity contribution < 1.29 is 19.8 Å². The molecule has 0 aromatic carbocycles. The largest absolute Gasteiger partial charge is 0.395 e. The summed E-state index contributed by atoms with van der Waals surface area (Å²) in [5.74, 6) is -1.26. The van der Waals surface area contributed by atoms with Crippen LogP contribution < -0.4 is 0 Å². The third-order valence-electron chi connectivity index (χ3n) is 2.03. The van der Waals surface area contributed by atoms with Crippen molar-refractivity contribution in [2.75, 3.05) is 26.3 Å². The van der Waals surface area contributed by atoms with Gasteiger partial charge in [-0.1, -0.05) is 0 Å². The Kier molecular flexibility index (Phi) is 6.07. The van der Waals surface area contributed by atoms with Crippen molar-refractivity contribution in [1.29, 1.82) is 0 Å². The van der Waals surface area contributed by atoms with E-state index in [4.69, 9.17) is 10.2 Å². The molecule has 0 saturated carbocycles. The van der Waals surface area contributed by atoms with E-state index in [0.29, 0.717) is 0 Å². The molecule has 5 heteroatoms. The fraction of sp³-hybridized carbons (Fsp3) is 0.778. The molecular formula is C9H17NO4. The molecule has 1 unspecified atom stereocenters. The molecule has 5 nitrogen and oxygen atoms in total. The van der Waals surface area contributed by atoms with Gasteiger partial charge in [0.1, 0.15) is 5.78 Å². The van der Waals surface area contributed by atoms with Gasteiger partial charge in [0.05, 0.1) is 19.1 Å².